The molecule has 1 fully saturated rings. The molecule has 3 heterocycles. The van der Waals surface area contributed by atoms with Crippen molar-refractivity contribution < 1.29 is 24.9 Å². The highest BCUT2D eigenvalue weighted by molar-refractivity contribution is 6.28. The maximum absolute atomic E-state index is 11.0. The van der Waals surface area contributed by atoms with E-state index in [2.05, 4.69) is 15.0 Å². The van der Waals surface area contributed by atoms with Crippen molar-refractivity contribution in [2.24, 2.45) is 0 Å². The third kappa shape index (κ3) is 2.89. The molecule has 0 saturated carbocycles. The molecule has 0 spiro atoms. The van der Waals surface area contributed by atoms with E-state index in [1.807, 2.05) is 0 Å². The first-order chi connectivity index (χ1) is 11.9. The Balaban J connectivity index is 1.95. The number of rotatable bonds is 5. The standard InChI is InChI=1S/C13H17ClN6O5/c1-2-19(4-21)11(24)8-6(22)7(23)12(25-8)20-3-16-5-9(15)17-13(14)18-10(5)20/h3-4,6-8,11-12,22-24H,2H2,1H3,(H2,15,17,18)/t6-,7+,8-,11?,12+/m0/s1. The number of hydrogen-bond donors (Lipinski definition) is 4. The van der Waals surface area contributed by atoms with E-state index in [1.54, 1.807) is 6.92 Å². The van der Waals surface area contributed by atoms with Gasteiger partial charge in [0.25, 0.3) is 0 Å². The molecule has 3 rings (SSSR count). The minimum absolute atomic E-state index is 0.0523. The number of nitrogens with zero attached hydrogens (tertiary/aromatic N) is 5. The molecular formula is C13H17ClN6O5. The molecular weight excluding hydrogens is 356 g/mol. The number of aliphatic hydroxyl groups excluding tert-OH is 3. The van der Waals surface area contributed by atoms with Crippen LogP contribution in [0.1, 0.15) is 13.2 Å². The molecule has 136 valence electrons. The number of hydrogen-bond acceptors (Lipinski definition) is 9. The molecule has 12 heteroatoms. The topological polar surface area (TPSA) is 160 Å². The number of carbonyl (C=O) groups is 1. The van der Waals surface area contributed by atoms with E-state index in [0.717, 1.165) is 4.90 Å². The van der Waals surface area contributed by atoms with Crippen LogP contribution in [-0.2, 0) is 9.53 Å². The number of aliphatic hydroxyl groups is 3. The summed E-state index contributed by atoms with van der Waals surface area (Å²) in [6.45, 7) is 1.85. The maximum atomic E-state index is 11.0. The Morgan fingerprint density at radius 3 is 2.84 bits per heavy atom. The van der Waals surface area contributed by atoms with Crippen LogP contribution in [0.2, 0.25) is 5.28 Å². The first kappa shape index (κ1) is 17.8. The van der Waals surface area contributed by atoms with Gasteiger partial charge in [-0.1, -0.05) is 0 Å². The molecule has 1 amide bonds. The van der Waals surface area contributed by atoms with Crippen LogP contribution in [-0.4, -0.2) is 77.2 Å². The summed E-state index contributed by atoms with van der Waals surface area (Å²) >= 11 is 5.80. The van der Waals surface area contributed by atoms with Crippen molar-refractivity contribution in [3.8, 4) is 0 Å². The van der Waals surface area contributed by atoms with Crippen molar-refractivity contribution in [1.29, 1.82) is 0 Å². The number of nitrogen functional groups attached to an aromatic ring is 1. The Bertz CT molecular complexity index is 788. The van der Waals surface area contributed by atoms with Gasteiger partial charge in [-0.2, -0.15) is 9.97 Å². The van der Waals surface area contributed by atoms with Crippen LogP contribution >= 0.6 is 11.6 Å². The summed E-state index contributed by atoms with van der Waals surface area (Å²) in [5, 5.41) is 30.7. The van der Waals surface area contributed by atoms with Crippen molar-refractivity contribution in [2.45, 2.75) is 37.7 Å². The van der Waals surface area contributed by atoms with Crippen molar-refractivity contribution in [2.75, 3.05) is 12.3 Å². The molecule has 1 aliphatic rings. The predicted molar refractivity (Wildman–Crippen MR) is 85.1 cm³/mol. The van der Waals surface area contributed by atoms with Crippen molar-refractivity contribution in [3.05, 3.63) is 11.6 Å². The van der Waals surface area contributed by atoms with Crippen LogP contribution in [0.5, 0.6) is 0 Å². The molecule has 1 aliphatic heterocycles. The minimum atomic E-state index is -1.44. The average Bonchev–Trinajstić information content (AvgIpc) is 3.11. The number of amides is 1. The van der Waals surface area contributed by atoms with Crippen molar-refractivity contribution >= 4 is 35.0 Å². The van der Waals surface area contributed by atoms with Crippen molar-refractivity contribution in [1.82, 2.24) is 24.4 Å². The number of nitrogens with two attached hydrogens (primary N) is 1. The number of imidazole rings is 1. The maximum Gasteiger partial charge on any atom is 0.226 e. The Morgan fingerprint density at radius 2 is 2.20 bits per heavy atom. The van der Waals surface area contributed by atoms with Gasteiger partial charge in [0.1, 0.15) is 23.8 Å². The van der Waals surface area contributed by atoms with Gasteiger partial charge < -0.3 is 30.7 Å². The molecule has 1 unspecified atom stereocenters. The fourth-order valence-corrected chi connectivity index (χ4v) is 2.94. The van der Waals surface area contributed by atoms with Crippen LogP contribution in [0.4, 0.5) is 5.82 Å². The van der Waals surface area contributed by atoms with Crippen molar-refractivity contribution in [3.63, 3.8) is 0 Å². The lowest BCUT2D eigenvalue weighted by Crippen LogP contribution is -2.48. The van der Waals surface area contributed by atoms with Gasteiger partial charge in [0.05, 0.1) is 6.33 Å². The lowest BCUT2D eigenvalue weighted by molar-refractivity contribution is -0.152. The number of anilines is 1. The fourth-order valence-electron chi connectivity index (χ4n) is 2.77. The van der Waals surface area contributed by atoms with E-state index >= 15 is 0 Å². The molecule has 2 aromatic rings. The molecule has 2 aromatic heterocycles. The van der Waals surface area contributed by atoms with E-state index < -0.39 is 30.8 Å². The van der Waals surface area contributed by atoms with Gasteiger partial charge in [-0.15, -0.1) is 0 Å². The number of fused-ring (bicyclic) bond motifs is 1. The first-order valence-electron chi connectivity index (χ1n) is 7.45. The van der Waals surface area contributed by atoms with Crippen LogP contribution in [0.25, 0.3) is 11.2 Å². The lowest BCUT2D eigenvalue weighted by Gasteiger charge is -2.28. The van der Waals surface area contributed by atoms with Gasteiger partial charge in [0.2, 0.25) is 11.7 Å². The summed E-state index contributed by atoms with van der Waals surface area (Å²) in [6.07, 6.45) is -4.89. The van der Waals surface area contributed by atoms with Gasteiger partial charge in [-0.05, 0) is 18.5 Å². The van der Waals surface area contributed by atoms with Crippen LogP contribution in [0, 0.1) is 0 Å². The molecule has 1 saturated heterocycles. The second-order valence-electron chi connectivity index (χ2n) is 5.52. The molecule has 0 aliphatic carbocycles. The summed E-state index contributed by atoms with van der Waals surface area (Å²) in [5.41, 5.74) is 6.18. The zero-order valence-corrected chi connectivity index (χ0v) is 13.9. The Morgan fingerprint density at radius 1 is 1.48 bits per heavy atom. The van der Waals surface area contributed by atoms with Gasteiger partial charge in [0.15, 0.2) is 23.9 Å². The Hall–Kier alpha value is -2.05. The average molecular weight is 373 g/mol. The summed E-state index contributed by atoms with van der Waals surface area (Å²) in [5.74, 6) is 0.0523. The van der Waals surface area contributed by atoms with Gasteiger partial charge in [-0.25, -0.2) is 4.98 Å². The summed E-state index contributed by atoms with van der Waals surface area (Å²) < 4.78 is 6.92. The van der Waals surface area contributed by atoms with E-state index in [0.29, 0.717) is 6.41 Å². The highest BCUT2D eigenvalue weighted by Gasteiger charge is 2.48. The number of likely N-dealkylation sites (N-methyl/N-ethyl adjacent to an activating group) is 1. The summed E-state index contributed by atoms with van der Waals surface area (Å²) in [4.78, 5) is 23.9. The van der Waals surface area contributed by atoms with Gasteiger partial charge in [-0.3, -0.25) is 9.36 Å². The lowest BCUT2D eigenvalue weighted by atomic mass is 10.1. The van der Waals surface area contributed by atoms with E-state index in [4.69, 9.17) is 22.1 Å². The largest absolute Gasteiger partial charge is 0.387 e. The monoisotopic (exact) mass is 372 g/mol. The second-order valence-corrected chi connectivity index (χ2v) is 5.86. The zero-order chi connectivity index (χ0) is 18.3. The molecule has 0 aromatic carbocycles. The van der Waals surface area contributed by atoms with E-state index in [1.165, 1.54) is 10.9 Å². The van der Waals surface area contributed by atoms with Gasteiger partial charge in [0, 0.05) is 6.54 Å². The quantitative estimate of drug-likeness (QED) is 0.277. The first-order valence-corrected chi connectivity index (χ1v) is 7.83. The predicted octanol–water partition coefficient (Wildman–Crippen LogP) is -1.52. The summed E-state index contributed by atoms with van der Waals surface area (Å²) in [6, 6.07) is 0. The normalized spacial score (nSPS) is 27.6. The SMILES string of the molecule is CCN(C=O)C(O)[C@H]1O[C@@H](n2cnc3c(N)nc(Cl)nc32)[C@H](O)[C@@H]1O. The zero-order valence-electron chi connectivity index (χ0n) is 13.1. The molecule has 5 N–H and O–H groups in total. The van der Waals surface area contributed by atoms with Gasteiger partial charge >= 0.3 is 0 Å². The molecule has 0 radical (unpaired) electrons. The molecule has 5 atom stereocenters. The third-order valence-electron chi connectivity index (χ3n) is 4.10. The Kier molecular flexibility index (Phi) is 4.75. The third-order valence-corrected chi connectivity index (χ3v) is 4.27. The molecule has 0 bridgehead atoms. The second kappa shape index (κ2) is 6.69. The molecule has 11 nitrogen and oxygen atoms in total. The Labute approximate surface area is 146 Å². The summed E-state index contributed by atoms with van der Waals surface area (Å²) in [7, 11) is 0. The fraction of sp³-hybridized carbons (Fsp3) is 0.538. The number of aromatic nitrogens is 4. The highest BCUT2D eigenvalue weighted by atomic mass is 35.5. The number of carbonyl (C=O) groups excluding carboxylic acids is 1. The number of ether oxygens (including phenoxy) is 1. The van der Waals surface area contributed by atoms with E-state index in [-0.39, 0.29) is 28.8 Å². The van der Waals surface area contributed by atoms with Crippen LogP contribution < -0.4 is 5.73 Å². The van der Waals surface area contributed by atoms with Crippen LogP contribution in [0.3, 0.4) is 0 Å². The van der Waals surface area contributed by atoms with E-state index in [9.17, 15) is 20.1 Å². The highest BCUT2D eigenvalue weighted by Crippen LogP contribution is 2.34. The number of halogens is 1. The minimum Gasteiger partial charge on any atom is -0.387 e. The van der Waals surface area contributed by atoms with Crippen LogP contribution in [0.15, 0.2) is 6.33 Å². The smallest absolute Gasteiger partial charge is 0.226 e. The molecule has 25 heavy (non-hydrogen) atoms.